The molecular formula is C30H54O4. The van der Waals surface area contributed by atoms with E-state index in [9.17, 15) is 9.59 Å². The number of rotatable bonds is 21. The Morgan fingerprint density at radius 1 is 0.647 bits per heavy atom. The van der Waals surface area contributed by atoms with Crippen LogP contribution in [0.3, 0.4) is 0 Å². The van der Waals surface area contributed by atoms with Gasteiger partial charge in [0.15, 0.2) is 0 Å². The lowest BCUT2D eigenvalue weighted by atomic mass is 9.83. The van der Waals surface area contributed by atoms with Gasteiger partial charge in [0, 0.05) is 0 Å². The smallest absolute Gasteiger partial charge is 0.310 e. The number of esters is 2. The second-order valence-electron chi connectivity index (χ2n) is 10.6. The average molecular weight is 479 g/mol. The SMILES string of the molecule is CCCCCCCCCCCCCCCCCOC(=O)C1CC=CCC1C(=O)OCCC(C)C. The van der Waals surface area contributed by atoms with E-state index in [0.29, 0.717) is 32.0 Å². The Bertz CT molecular complexity index is 540. The molecule has 0 aromatic rings. The predicted octanol–water partition coefficient (Wildman–Crippen LogP) is 8.57. The molecule has 0 radical (unpaired) electrons. The van der Waals surface area contributed by atoms with Crippen molar-refractivity contribution in [3.05, 3.63) is 12.2 Å². The highest BCUT2D eigenvalue weighted by molar-refractivity contribution is 5.82. The number of unbranched alkanes of at least 4 members (excludes halogenated alkanes) is 14. The predicted molar refractivity (Wildman–Crippen MR) is 142 cm³/mol. The fourth-order valence-electron chi connectivity index (χ4n) is 4.59. The fourth-order valence-corrected chi connectivity index (χ4v) is 4.59. The molecule has 1 aliphatic rings. The molecule has 0 N–H and O–H groups in total. The van der Waals surface area contributed by atoms with E-state index in [1.165, 1.54) is 83.5 Å². The largest absolute Gasteiger partial charge is 0.465 e. The third-order valence-corrected chi connectivity index (χ3v) is 6.97. The fraction of sp³-hybridized carbons (Fsp3) is 0.867. The summed E-state index contributed by atoms with van der Waals surface area (Å²) in [6, 6.07) is 0. The third kappa shape index (κ3) is 15.6. The maximum absolute atomic E-state index is 12.6. The van der Waals surface area contributed by atoms with Crippen LogP contribution in [-0.4, -0.2) is 25.2 Å². The van der Waals surface area contributed by atoms with Crippen LogP contribution in [0.15, 0.2) is 12.2 Å². The van der Waals surface area contributed by atoms with Gasteiger partial charge in [0.2, 0.25) is 0 Å². The van der Waals surface area contributed by atoms with Crippen LogP contribution < -0.4 is 0 Å². The summed E-state index contributed by atoms with van der Waals surface area (Å²) in [5.74, 6) is -0.784. The maximum Gasteiger partial charge on any atom is 0.310 e. The first kappa shape index (κ1) is 30.7. The van der Waals surface area contributed by atoms with Gasteiger partial charge in [-0.3, -0.25) is 9.59 Å². The Hall–Kier alpha value is -1.32. The van der Waals surface area contributed by atoms with Crippen molar-refractivity contribution in [3.8, 4) is 0 Å². The number of allylic oxidation sites excluding steroid dienone is 2. The van der Waals surface area contributed by atoms with Gasteiger partial charge in [-0.1, -0.05) is 123 Å². The van der Waals surface area contributed by atoms with Crippen molar-refractivity contribution in [1.29, 1.82) is 0 Å². The number of carbonyl (C=O) groups excluding carboxylic acids is 2. The standard InChI is InChI=1S/C30H54O4/c1-4-5-6-7-8-9-10-11-12-13-14-15-16-17-20-24-33-29(31)27-21-18-19-22-28(27)30(32)34-25-23-26(2)3/h18-19,26-28H,4-17,20-25H2,1-3H3. The Morgan fingerprint density at radius 2 is 1.03 bits per heavy atom. The normalized spacial score (nSPS) is 17.8. The van der Waals surface area contributed by atoms with Crippen molar-refractivity contribution >= 4 is 11.9 Å². The van der Waals surface area contributed by atoms with E-state index in [1.807, 2.05) is 12.2 Å². The highest BCUT2D eigenvalue weighted by atomic mass is 16.5. The van der Waals surface area contributed by atoms with Crippen molar-refractivity contribution in [2.75, 3.05) is 13.2 Å². The molecular weight excluding hydrogens is 424 g/mol. The third-order valence-electron chi connectivity index (χ3n) is 6.97. The minimum absolute atomic E-state index is 0.236. The van der Waals surface area contributed by atoms with E-state index >= 15 is 0 Å². The molecule has 0 fully saturated rings. The van der Waals surface area contributed by atoms with Crippen molar-refractivity contribution in [2.45, 2.75) is 136 Å². The quantitative estimate of drug-likeness (QED) is 0.0941. The van der Waals surface area contributed by atoms with Gasteiger partial charge in [0.1, 0.15) is 0 Å². The van der Waals surface area contributed by atoms with Crippen molar-refractivity contribution in [2.24, 2.45) is 17.8 Å². The summed E-state index contributed by atoms with van der Waals surface area (Å²) < 4.78 is 11.0. The molecule has 198 valence electrons. The van der Waals surface area contributed by atoms with Gasteiger partial charge in [0.25, 0.3) is 0 Å². The van der Waals surface area contributed by atoms with Crippen LogP contribution in [0.25, 0.3) is 0 Å². The molecule has 2 atom stereocenters. The summed E-state index contributed by atoms with van der Waals surface area (Å²) in [6.45, 7) is 7.38. The van der Waals surface area contributed by atoms with Crippen molar-refractivity contribution in [1.82, 2.24) is 0 Å². The zero-order valence-electron chi connectivity index (χ0n) is 22.7. The van der Waals surface area contributed by atoms with Gasteiger partial charge in [-0.05, 0) is 31.6 Å². The number of hydrogen-bond donors (Lipinski definition) is 0. The van der Waals surface area contributed by atoms with Gasteiger partial charge >= 0.3 is 11.9 Å². The lowest BCUT2D eigenvalue weighted by Crippen LogP contribution is -2.34. The lowest BCUT2D eigenvalue weighted by molar-refractivity contribution is -0.161. The molecule has 0 aliphatic heterocycles. The number of carbonyl (C=O) groups is 2. The van der Waals surface area contributed by atoms with Gasteiger partial charge in [0.05, 0.1) is 25.0 Å². The van der Waals surface area contributed by atoms with Gasteiger partial charge < -0.3 is 9.47 Å². The number of ether oxygens (including phenoxy) is 2. The molecule has 1 rings (SSSR count). The van der Waals surface area contributed by atoms with Crippen LogP contribution in [0.1, 0.15) is 136 Å². The van der Waals surface area contributed by atoms with Gasteiger partial charge in [-0.2, -0.15) is 0 Å². The molecule has 0 heterocycles. The van der Waals surface area contributed by atoms with Crippen LogP contribution >= 0.6 is 0 Å². The minimum Gasteiger partial charge on any atom is -0.465 e. The van der Waals surface area contributed by atoms with Crippen molar-refractivity contribution in [3.63, 3.8) is 0 Å². The molecule has 0 aromatic carbocycles. The van der Waals surface area contributed by atoms with E-state index in [0.717, 1.165) is 19.3 Å². The van der Waals surface area contributed by atoms with Gasteiger partial charge in [-0.25, -0.2) is 0 Å². The first-order chi connectivity index (χ1) is 16.6. The molecule has 0 bridgehead atoms. The van der Waals surface area contributed by atoms with E-state index in [-0.39, 0.29) is 11.9 Å². The molecule has 4 heteroatoms. The summed E-state index contributed by atoms with van der Waals surface area (Å²) in [4.78, 5) is 25.0. The Balaban J connectivity index is 2.01. The van der Waals surface area contributed by atoms with E-state index < -0.39 is 11.8 Å². The second kappa shape index (κ2) is 21.0. The Kier molecular flexibility index (Phi) is 19.0. The first-order valence-electron chi connectivity index (χ1n) is 14.5. The second-order valence-corrected chi connectivity index (χ2v) is 10.6. The van der Waals surface area contributed by atoms with Crippen LogP contribution in [-0.2, 0) is 19.1 Å². The van der Waals surface area contributed by atoms with Crippen molar-refractivity contribution < 1.29 is 19.1 Å². The zero-order valence-corrected chi connectivity index (χ0v) is 22.7. The molecule has 34 heavy (non-hydrogen) atoms. The Morgan fingerprint density at radius 3 is 1.44 bits per heavy atom. The highest BCUT2D eigenvalue weighted by Crippen LogP contribution is 2.28. The monoisotopic (exact) mass is 478 g/mol. The van der Waals surface area contributed by atoms with Crippen LogP contribution in [0.2, 0.25) is 0 Å². The maximum atomic E-state index is 12.6. The number of hydrogen-bond acceptors (Lipinski definition) is 4. The van der Waals surface area contributed by atoms with E-state index in [4.69, 9.17) is 9.47 Å². The first-order valence-corrected chi connectivity index (χ1v) is 14.5. The molecule has 4 nitrogen and oxygen atoms in total. The molecule has 1 aliphatic carbocycles. The van der Waals surface area contributed by atoms with Crippen LogP contribution in [0.5, 0.6) is 0 Å². The van der Waals surface area contributed by atoms with Crippen LogP contribution in [0, 0.1) is 17.8 Å². The highest BCUT2D eigenvalue weighted by Gasteiger charge is 2.36. The van der Waals surface area contributed by atoms with Gasteiger partial charge in [-0.15, -0.1) is 0 Å². The molecule has 0 amide bonds. The van der Waals surface area contributed by atoms with E-state index in [1.54, 1.807) is 0 Å². The lowest BCUT2D eigenvalue weighted by Gasteiger charge is -2.25. The summed E-state index contributed by atoms with van der Waals surface area (Å²) in [6.07, 6.45) is 25.7. The average Bonchev–Trinajstić information content (AvgIpc) is 2.83. The minimum atomic E-state index is -0.397. The van der Waals surface area contributed by atoms with Crippen LogP contribution in [0.4, 0.5) is 0 Å². The molecule has 0 spiro atoms. The Labute approximate surface area is 210 Å². The molecule has 0 saturated carbocycles. The molecule has 0 aromatic heterocycles. The molecule has 0 saturated heterocycles. The summed E-state index contributed by atoms with van der Waals surface area (Å²) in [5.41, 5.74) is 0. The summed E-state index contributed by atoms with van der Waals surface area (Å²) in [7, 11) is 0. The summed E-state index contributed by atoms with van der Waals surface area (Å²) in [5, 5.41) is 0. The zero-order chi connectivity index (χ0) is 24.9. The summed E-state index contributed by atoms with van der Waals surface area (Å²) >= 11 is 0. The molecule has 2 unspecified atom stereocenters. The van der Waals surface area contributed by atoms with E-state index in [2.05, 4.69) is 20.8 Å². The topological polar surface area (TPSA) is 52.6 Å².